The maximum atomic E-state index is 13.7. The van der Waals surface area contributed by atoms with Gasteiger partial charge in [0.15, 0.2) is 0 Å². The smallest absolute Gasteiger partial charge is 0.264 e. The minimum Gasteiger partial charge on any atom is -0.495 e. The van der Waals surface area contributed by atoms with Crippen molar-refractivity contribution in [3.63, 3.8) is 0 Å². The molecule has 184 valence electrons. The van der Waals surface area contributed by atoms with Gasteiger partial charge in [0, 0.05) is 13.6 Å². The molecule has 0 saturated heterocycles. The summed E-state index contributed by atoms with van der Waals surface area (Å²) in [5, 5.41) is 2.56. The van der Waals surface area contributed by atoms with Crippen LogP contribution in [0.15, 0.2) is 89.8 Å². The van der Waals surface area contributed by atoms with E-state index >= 15 is 0 Å². The van der Waals surface area contributed by atoms with Crippen LogP contribution in [0.2, 0.25) is 0 Å². The molecule has 0 aliphatic carbocycles. The van der Waals surface area contributed by atoms with E-state index in [9.17, 15) is 18.0 Å². The summed E-state index contributed by atoms with van der Waals surface area (Å²) in [5.74, 6) is -0.590. The zero-order valence-electron chi connectivity index (χ0n) is 19.9. The molecule has 0 aliphatic rings. The van der Waals surface area contributed by atoms with Crippen molar-refractivity contribution in [1.29, 1.82) is 0 Å². The summed E-state index contributed by atoms with van der Waals surface area (Å²) in [4.78, 5) is 27.5. The van der Waals surface area contributed by atoms with Crippen molar-refractivity contribution in [2.24, 2.45) is 0 Å². The Balaban J connectivity index is 2.05. The van der Waals surface area contributed by atoms with E-state index in [0.717, 1.165) is 9.87 Å². The highest BCUT2D eigenvalue weighted by Gasteiger charge is 2.33. The number of nitrogens with one attached hydrogen (secondary N) is 1. The molecule has 9 heteroatoms. The van der Waals surface area contributed by atoms with Gasteiger partial charge in [-0.2, -0.15) is 0 Å². The number of amides is 2. The van der Waals surface area contributed by atoms with Gasteiger partial charge in [0.25, 0.3) is 10.0 Å². The summed E-state index contributed by atoms with van der Waals surface area (Å²) in [6.07, 6.45) is 0. The number of sulfonamides is 1. The van der Waals surface area contributed by atoms with Gasteiger partial charge in [-0.25, -0.2) is 8.42 Å². The van der Waals surface area contributed by atoms with Gasteiger partial charge in [0.2, 0.25) is 11.8 Å². The third kappa shape index (κ3) is 5.99. The Labute approximate surface area is 206 Å². The monoisotopic (exact) mass is 495 g/mol. The molecule has 35 heavy (non-hydrogen) atoms. The molecular formula is C26H29N3O5S. The molecule has 3 rings (SSSR count). The average molecular weight is 496 g/mol. The standard InChI is InChI=1S/C26H29N3O5S/c1-20(26(31)27-2)28(18-21-12-6-4-7-13-21)25(30)19-29(23-16-10-11-17-24(23)34-3)35(32,33)22-14-8-5-9-15-22/h4-17,20H,18-19H2,1-3H3,(H,27,31)/t20-/m0/s1. The molecule has 0 unspecified atom stereocenters. The first-order valence-corrected chi connectivity index (χ1v) is 12.5. The molecule has 1 N–H and O–H groups in total. The summed E-state index contributed by atoms with van der Waals surface area (Å²) in [7, 11) is -1.21. The van der Waals surface area contributed by atoms with Gasteiger partial charge in [-0.15, -0.1) is 0 Å². The van der Waals surface area contributed by atoms with Crippen LogP contribution in [-0.2, 0) is 26.2 Å². The lowest BCUT2D eigenvalue weighted by Gasteiger charge is -2.32. The van der Waals surface area contributed by atoms with Crippen LogP contribution in [-0.4, -0.2) is 51.9 Å². The van der Waals surface area contributed by atoms with Gasteiger partial charge < -0.3 is 15.0 Å². The Kier molecular flexibility index (Phi) is 8.48. The van der Waals surface area contributed by atoms with Gasteiger partial charge in [-0.1, -0.05) is 60.7 Å². The maximum Gasteiger partial charge on any atom is 0.264 e. The average Bonchev–Trinajstić information content (AvgIpc) is 2.90. The fourth-order valence-corrected chi connectivity index (χ4v) is 5.09. The molecule has 0 saturated carbocycles. The fourth-order valence-electron chi connectivity index (χ4n) is 3.64. The molecule has 0 heterocycles. The molecule has 0 aromatic heterocycles. The lowest BCUT2D eigenvalue weighted by molar-refractivity contribution is -0.139. The highest BCUT2D eigenvalue weighted by atomic mass is 32.2. The van der Waals surface area contributed by atoms with Crippen LogP contribution < -0.4 is 14.4 Å². The highest BCUT2D eigenvalue weighted by molar-refractivity contribution is 7.92. The van der Waals surface area contributed by atoms with Gasteiger partial charge >= 0.3 is 0 Å². The third-order valence-corrected chi connectivity index (χ3v) is 7.35. The molecule has 1 atom stereocenters. The predicted molar refractivity (Wildman–Crippen MR) is 134 cm³/mol. The number of carbonyl (C=O) groups excluding carboxylic acids is 2. The van der Waals surface area contributed by atoms with Crippen LogP contribution in [0, 0.1) is 0 Å². The van der Waals surface area contributed by atoms with E-state index in [1.54, 1.807) is 49.4 Å². The van der Waals surface area contributed by atoms with Gasteiger partial charge in [-0.3, -0.25) is 13.9 Å². The number of carbonyl (C=O) groups is 2. The number of benzene rings is 3. The molecule has 3 aromatic carbocycles. The number of rotatable bonds is 10. The van der Waals surface area contributed by atoms with Crippen molar-refractivity contribution >= 4 is 27.5 Å². The van der Waals surface area contributed by atoms with E-state index in [1.165, 1.54) is 31.2 Å². The molecule has 0 bridgehead atoms. The first-order chi connectivity index (χ1) is 16.8. The van der Waals surface area contributed by atoms with Crippen LogP contribution in [0.25, 0.3) is 0 Å². The number of methoxy groups -OCH3 is 1. The van der Waals surface area contributed by atoms with Crippen LogP contribution in [0.4, 0.5) is 5.69 Å². The normalized spacial score (nSPS) is 11.9. The second-order valence-electron chi connectivity index (χ2n) is 7.79. The first-order valence-electron chi connectivity index (χ1n) is 11.1. The predicted octanol–water partition coefficient (Wildman–Crippen LogP) is 3.05. The summed E-state index contributed by atoms with van der Waals surface area (Å²) >= 11 is 0. The summed E-state index contributed by atoms with van der Waals surface area (Å²) < 4.78 is 33.8. The molecule has 0 fully saturated rings. The number of hydrogen-bond acceptors (Lipinski definition) is 5. The van der Waals surface area contributed by atoms with Gasteiger partial charge in [0.1, 0.15) is 18.3 Å². The minimum absolute atomic E-state index is 0.0349. The van der Waals surface area contributed by atoms with E-state index in [4.69, 9.17) is 4.74 Å². The van der Waals surface area contributed by atoms with Crippen LogP contribution >= 0.6 is 0 Å². The van der Waals surface area contributed by atoms with E-state index in [2.05, 4.69) is 5.32 Å². The second kappa shape index (κ2) is 11.5. The largest absolute Gasteiger partial charge is 0.495 e. The molecule has 0 spiro atoms. The van der Waals surface area contributed by atoms with E-state index in [1.807, 2.05) is 30.3 Å². The number of hydrogen-bond donors (Lipinski definition) is 1. The van der Waals surface area contributed by atoms with E-state index in [0.29, 0.717) is 5.75 Å². The summed E-state index contributed by atoms with van der Waals surface area (Å²) in [5.41, 5.74) is 1.03. The van der Waals surface area contributed by atoms with Crippen molar-refractivity contribution in [1.82, 2.24) is 10.2 Å². The summed E-state index contributed by atoms with van der Waals surface area (Å²) in [6.45, 7) is 1.23. The van der Waals surface area contributed by atoms with Crippen LogP contribution in [0.5, 0.6) is 5.75 Å². The van der Waals surface area contributed by atoms with Crippen molar-refractivity contribution in [3.05, 3.63) is 90.5 Å². The van der Waals surface area contributed by atoms with Gasteiger partial charge in [0.05, 0.1) is 17.7 Å². The zero-order chi connectivity index (χ0) is 25.4. The van der Waals surface area contributed by atoms with Crippen molar-refractivity contribution in [2.45, 2.75) is 24.4 Å². The number of para-hydroxylation sites is 2. The van der Waals surface area contributed by atoms with Crippen LogP contribution in [0.3, 0.4) is 0 Å². The lowest BCUT2D eigenvalue weighted by Crippen LogP contribution is -2.50. The first kappa shape index (κ1) is 25.8. The van der Waals surface area contributed by atoms with Crippen molar-refractivity contribution < 1.29 is 22.7 Å². The second-order valence-corrected chi connectivity index (χ2v) is 9.66. The van der Waals surface area contributed by atoms with Gasteiger partial charge in [-0.05, 0) is 36.8 Å². The Bertz CT molecular complexity index is 1250. The zero-order valence-corrected chi connectivity index (χ0v) is 20.7. The Hall–Kier alpha value is -3.85. The number of likely N-dealkylation sites (N-methyl/N-ethyl adjacent to an activating group) is 1. The fraction of sp³-hybridized carbons (Fsp3) is 0.231. The molecular weight excluding hydrogens is 466 g/mol. The molecule has 0 radical (unpaired) electrons. The summed E-state index contributed by atoms with van der Waals surface area (Å²) in [6, 6.07) is 22.9. The van der Waals surface area contributed by atoms with E-state index in [-0.39, 0.29) is 23.0 Å². The molecule has 8 nitrogen and oxygen atoms in total. The molecule has 0 aliphatic heterocycles. The lowest BCUT2D eigenvalue weighted by atomic mass is 10.1. The number of anilines is 1. The highest BCUT2D eigenvalue weighted by Crippen LogP contribution is 2.32. The number of nitrogens with zero attached hydrogens (tertiary/aromatic N) is 2. The molecule has 3 aromatic rings. The quantitative estimate of drug-likeness (QED) is 0.466. The van der Waals surface area contributed by atoms with Crippen molar-refractivity contribution in [2.75, 3.05) is 25.0 Å². The van der Waals surface area contributed by atoms with Crippen molar-refractivity contribution in [3.8, 4) is 5.75 Å². The maximum absolute atomic E-state index is 13.7. The Morgan fingerprint density at radius 3 is 2.09 bits per heavy atom. The Morgan fingerprint density at radius 2 is 1.49 bits per heavy atom. The van der Waals surface area contributed by atoms with Crippen LogP contribution in [0.1, 0.15) is 12.5 Å². The number of ether oxygens (including phenoxy) is 1. The SMILES string of the molecule is CNC(=O)[C@H](C)N(Cc1ccccc1)C(=O)CN(c1ccccc1OC)S(=O)(=O)c1ccccc1. The topological polar surface area (TPSA) is 96.0 Å². The third-order valence-electron chi connectivity index (χ3n) is 5.57. The van der Waals surface area contributed by atoms with E-state index < -0.39 is 28.5 Å². The minimum atomic E-state index is -4.13. The molecule has 2 amide bonds. The Morgan fingerprint density at radius 1 is 0.914 bits per heavy atom.